The van der Waals surface area contributed by atoms with Gasteiger partial charge in [-0.1, -0.05) is 38.1 Å². The van der Waals surface area contributed by atoms with Gasteiger partial charge in [-0.05, 0) is 72.0 Å². The maximum Gasteiger partial charge on any atom is 0.295 e. The van der Waals surface area contributed by atoms with Crippen LogP contribution in [0.3, 0.4) is 0 Å². The first-order valence-corrected chi connectivity index (χ1v) is 13.3. The van der Waals surface area contributed by atoms with Gasteiger partial charge in [-0.25, -0.2) is 4.39 Å². The van der Waals surface area contributed by atoms with Gasteiger partial charge < -0.3 is 24.2 Å². The van der Waals surface area contributed by atoms with Crippen molar-refractivity contribution in [3.05, 3.63) is 100 Å². The Morgan fingerprint density at radius 2 is 1.77 bits per heavy atom. The van der Waals surface area contributed by atoms with Crippen molar-refractivity contribution < 1.29 is 33.3 Å². The third-order valence-electron chi connectivity index (χ3n) is 6.77. The normalized spacial score (nSPS) is 16.6. The van der Waals surface area contributed by atoms with Crippen LogP contribution in [0, 0.1) is 5.82 Å². The molecule has 1 amide bonds. The molecule has 40 heavy (non-hydrogen) atoms. The van der Waals surface area contributed by atoms with Gasteiger partial charge in [-0.15, -0.1) is 0 Å². The number of nitrogens with zero attached hydrogens (tertiary/aromatic N) is 1. The Labute approximate surface area is 233 Å². The summed E-state index contributed by atoms with van der Waals surface area (Å²) in [6.07, 6.45) is 0. The number of methoxy groups -OCH3 is 1. The molecule has 1 fully saturated rings. The van der Waals surface area contributed by atoms with Crippen LogP contribution in [0.1, 0.15) is 55.0 Å². The SMILES string of the molecule is CCOc1ccc(/C(O)=C2\C(=O)C(=O)N(CCOC)C2c2cccc(OCc3ccc(F)cc3)c2)cc1C(C)C. The van der Waals surface area contributed by atoms with Crippen molar-refractivity contribution in [3.63, 3.8) is 0 Å². The lowest BCUT2D eigenvalue weighted by Gasteiger charge is -2.25. The van der Waals surface area contributed by atoms with Gasteiger partial charge in [-0.3, -0.25) is 9.59 Å². The quantitative estimate of drug-likeness (QED) is 0.180. The lowest BCUT2D eigenvalue weighted by molar-refractivity contribution is -0.140. The first-order valence-electron chi connectivity index (χ1n) is 13.3. The molecule has 7 nitrogen and oxygen atoms in total. The fourth-order valence-corrected chi connectivity index (χ4v) is 4.76. The number of hydrogen-bond donors (Lipinski definition) is 1. The minimum atomic E-state index is -0.849. The average molecular weight is 548 g/mol. The Hall–Kier alpha value is -4.17. The molecule has 210 valence electrons. The highest BCUT2D eigenvalue weighted by Crippen LogP contribution is 2.41. The monoisotopic (exact) mass is 547 g/mol. The summed E-state index contributed by atoms with van der Waals surface area (Å²) in [7, 11) is 1.52. The van der Waals surface area contributed by atoms with E-state index in [0.717, 1.165) is 11.1 Å². The Bertz CT molecular complexity index is 1400. The van der Waals surface area contributed by atoms with Crippen molar-refractivity contribution in [2.45, 2.75) is 39.3 Å². The Balaban J connectivity index is 1.75. The molecule has 3 aromatic carbocycles. The van der Waals surface area contributed by atoms with Crippen molar-refractivity contribution in [1.82, 2.24) is 4.90 Å². The number of halogens is 1. The largest absolute Gasteiger partial charge is 0.507 e. The zero-order chi connectivity index (χ0) is 28.8. The van der Waals surface area contributed by atoms with E-state index in [9.17, 15) is 19.1 Å². The van der Waals surface area contributed by atoms with Crippen LogP contribution in [0.5, 0.6) is 11.5 Å². The van der Waals surface area contributed by atoms with Crippen LogP contribution in [0.15, 0.2) is 72.3 Å². The zero-order valence-electron chi connectivity index (χ0n) is 23.1. The van der Waals surface area contributed by atoms with Gasteiger partial charge in [0.05, 0.1) is 24.8 Å². The fourth-order valence-electron chi connectivity index (χ4n) is 4.76. The van der Waals surface area contributed by atoms with Crippen LogP contribution >= 0.6 is 0 Å². The summed E-state index contributed by atoms with van der Waals surface area (Å²) in [6, 6.07) is 17.5. The van der Waals surface area contributed by atoms with Crippen molar-refractivity contribution in [2.75, 3.05) is 26.9 Å². The van der Waals surface area contributed by atoms with Gasteiger partial charge in [0.1, 0.15) is 29.7 Å². The molecule has 0 aliphatic carbocycles. The third kappa shape index (κ3) is 6.18. The third-order valence-corrected chi connectivity index (χ3v) is 6.77. The van der Waals surface area contributed by atoms with E-state index in [0.29, 0.717) is 29.2 Å². The van der Waals surface area contributed by atoms with Crippen LogP contribution in [0.4, 0.5) is 4.39 Å². The fraction of sp³-hybridized carbons (Fsp3) is 0.312. The maximum absolute atomic E-state index is 13.4. The van der Waals surface area contributed by atoms with E-state index in [-0.39, 0.29) is 42.8 Å². The molecule has 4 rings (SSSR count). The molecule has 1 heterocycles. The van der Waals surface area contributed by atoms with E-state index in [1.807, 2.05) is 20.8 Å². The number of amides is 1. The lowest BCUT2D eigenvalue weighted by Crippen LogP contribution is -2.32. The summed E-state index contributed by atoms with van der Waals surface area (Å²) < 4.78 is 30.1. The molecule has 1 unspecified atom stereocenters. The van der Waals surface area contributed by atoms with Crippen LogP contribution in [0.2, 0.25) is 0 Å². The molecule has 0 radical (unpaired) electrons. The van der Waals surface area contributed by atoms with Crippen LogP contribution in [-0.4, -0.2) is 48.6 Å². The summed E-state index contributed by atoms with van der Waals surface area (Å²) in [4.78, 5) is 27.9. The van der Waals surface area contributed by atoms with Gasteiger partial charge >= 0.3 is 0 Å². The minimum absolute atomic E-state index is 0.00402. The first kappa shape index (κ1) is 28.8. The van der Waals surface area contributed by atoms with Gasteiger partial charge in [0.25, 0.3) is 11.7 Å². The molecule has 8 heteroatoms. The zero-order valence-corrected chi connectivity index (χ0v) is 23.1. The minimum Gasteiger partial charge on any atom is -0.507 e. The molecular weight excluding hydrogens is 513 g/mol. The average Bonchev–Trinajstić information content (AvgIpc) is 3.20. The van der Waals surface area contributed by atoms with Crippen LogP contribution in [-0.2, 0) is 20.9 Å². The summed E-state index contributed by atoms with van der Waals surface area (Å²) in [5.74, 6) is -0.758. The van der Waals surface area contributed by atoms with Crippen LogP contribution in [0.25, 0.3) is 5.76 Å². The van der Waals surface area contributed by atoms with Gasteiger partial charge in [0.15, 0.2) is 0 Å². The number of hydrogen-bond acceptors (Lipinski definition) is 6. The van der Waals surface area contributed by atoms with Gasteiger partial charge in [0.2, 0.25) is 0 Å². The second-order valence-electron chi connectivity index (χ2n) is 9.81. The Morgan fingerprint density at radius 3 is 2.45 bits per heavy atom. The van der Waals surface area contributed by atoms with Crippen molar-refractivity contribution in [2.24, 2.45) is 0 Å². The number of ketones is 1. The first-order chi connectivity index (χ1) is 19.2. The predicted molar refractivity (Wildman–Crippen MR) is 150 cm³/mol. The molecule has 1 N–H and O–H groups in total. The summed E-state index contributed by atoms with van der Waals surface area (Å²) in [5, 5.41) is 11.5. The van der Waals surface area contributed by atoms with Gasteiger partial charge in [-0.2, -0.15) is 0 Å². The molecule has 1 atom stereocenters. The smallest absolute Gasteiger partial charge is 0.295 e. The molecule has 0 aromatic heterocycles. The van der Waals surface area contributed by atoms with E-state index < -0.39 is 17.7 Å². The number of carbonyl (C=O) groups is 2. The van der Waals surface area contributed by atoms with Crippen molar-refractivity contribution >= 4 is 17.4 Å². The molecular formula is C32H34FNO6. The number of likely N-dealkylation sites (tertiary alicyclic amines) is 1. The maximum atomic E-state index is 13.4. The Morgan fingerprint density at radius 1 is 1.02 bits per heavy atom. The number of carbonyl (C=O) groups excluding carboxylic acids is 2. The lowest BCUT2D eigenvalue weighted by atomic mass is 9.93. The van der Waals surface area contributed by atoms with Crippen molar-refractivity contribution in [1.29, 1.82) is 0 Å². The highest BCUT2D eigenvalue weighted by Gasteiger charge is 2.46. The van der Waals surface area contributed by atoms with E-state index in [2.05, 4.69) is 0 Å². The second-order valence-corrected chi connectivity index (χ2v) is 9.81. The number of benzene rings is 3. The molecule has 0 saturated carbocycles. The topological polar surface area (TPSA) is 85.3 Å². The summed E-state index contributed by atoms with van der Waals surface area (Å²) in [5.41, 5.74) is 2.69. The number of ether oxygens (including phenoxy) is 3. The van der Waals surface area contributed by atoms with Crippen molar-refractivity contribution in [3.8, 4) is 11.5 Å². The molecule has 1 saturated heterocycles. The molecule has 0 bridgehead atoms. The molecule has 0 spiro atoms. The molecule has 1 aliphatic rings. The van der Waals surface area contributed by atoms with Gasteiger partial charge in [0, 0.05) is 19.2 Å². The summed E-state index contributed by atoms with van der Waals surface area (Å²) >= 11 is 0. The van der Waals surface area contributed by atoms with E-state index in [1.165, 1.54) is 24.1 Å². The van der Waals surface area contributed by atoms with E-state index in [4.69, 9.17) is 14.2 Å². The molecule has 1 aliphatic heterocycles. The predicted octanol–water partition coefficient (Wildman–Crippen LogP) is 5.99. The number of Topliss-reactive ketones (excluding diaryl/α,β-unsaturated/α-hetero) is 1. The standard InChI is InChI=1S/C32H34FNO6/c1-5-39-27-14-11-23(18-26(27)20(2)3)30(35)28-29(34(15-16-38-4)32(37)31(28)36)22-7-6-8-25(17-22)40-19-21-9-12-24(33)13-10-21/h6-14,17-18,20,29,35H,5,15-16,19H2,1-4H3/b30-28+. The highest BCUT2D eigenvalue weighted by molar-refractivity contribution is 6.46. The number of rotatable bonds is 11. The summed E-state index contributed by atoms with van der Waals surface area (Å²) in [6.45, 7) is 7.00. The van der Waals surface area contributed by atoms with E-state index in [1.54, 1.807) is 54.6 Å². The Kier molecular flexibility index (Phi) is 9.22. The molecule has 3 aromatic rings. The highest BCUT2D eigenvalue weighted by atomic mass is 19.1. The van der Waals surface area contributed by atoms with E-state index >= 15 is 0 Å². The number of aliphatic hydroxyl groups excluding tert-OH is 1. The second kappa shape index (κ2) is 12.8. The van der Waals surface area contributed by atoms with Crippen LogP contribution < -0.4 is 9.47 Å². The number of aliphatic hydroxyl groups is 1.